The number of alkyl halides is 3. The smallest absolute Gasteiger partial charge is 0.388 e. The van der Waals surface area contributed by atoms with Crippen LogP contribution in [0.25, 0.3) is 0 Å². The Kier molecular flexibility index (Phi) is 4.90. The summed E-state index contributed by atoms with van der Waals surface area (Å²) in [6.45, 7) is 1.89. The fourth-order valence-electron chi connectivity index (χ4n) is 1.72. The number of hydrogen-bond donors (Lipinski definition) is 1. The molecule has 2 rings (SSSR count). The van der Waals surface area contributed by atoms with Crippen LogP contribution < -0.4 is 0 Å². The average molecular weight is 313 g/mol. The lowest BCUT2D eigenvalue weighted by atomic mass is 10.1. The molecule has 6 heteroatoms. The number of pyridine rings is 1. The molecule has 2 aromatic rings. The maximum Gasteiger partial charge on any atom is 0.417 e. The van der Waals surface area contributed by atoms with Crippen molar-refractivity contribution in [2.24, 2.45) is 0 Å². The van der Waals surface area contributed by atoms with Crippen LogP contribution in [0.2, 0.25) is 0 Å². The minimum Gasteiger partial charge on any atom is -0.388 e. The normalized spacial score (nSPS) is 13.2. The molecule has 1 N–H and O–H groups in total. The molecule has 1 aromatic carbocycles. The second-order valence-electron chi connectivity index (χ2n) is 4.48. The first-order chi connectivity index (χ1) is 9.90. The van der Waals surface area contributed by atoms with Gasteiger partial charge in [0.1, 0.15) is 5.03 Å². The van der Waals surface area contributed by atoms with E-state index in [1.807, 2.05) is 19.1 Å². The highest BCUT2D eigenvalue weighted by molar-refractivity contribution is 7.99. The number of hydrogen-bond acceptors (Lipinski definition) is 3. The Balaban J connectivity index is 2.08. The molecule has 1 aromatic heterocycles. The minimum atomic E-state index is -4.37. The number of rotatable bonds is 4. The van der Waals surface area contributed by atoms with Gasteiger partial charge < -0.3 is 5.11 Å². The van der Waals surface area contributed by atoms with Crippen molar-refractivity contribution in [2.75, 3.05) is 0 Å². The van der Waals surface area contributed by atoms with Crippen LogP contribution in [0, 0.1) is 0 Å². The number of aliphatic hydroxyl groups excluding tert-OH is 1. The van der Waals surface area contributed by atoms with Crippen LogP contribution in [-0.2, 0) is 6.18 Å². The lowest BCUT2D eigenvalue weighted by molar-refractivity contribution is -0.137. The largest absolute Gasteiger partial charge is 0.417 e. The highest BCUT2D eigenvalue weighted by atomic mass is 32.2. The number of nitrogens with zero attached hydrogens (tertiary/aromatic N) is 1. The second kappa shape index (κ2) is 6.49. The highest BCUT2D eigenvalue weighted by Gasteiger charge is 2.30. The molecular weight excluding hydrogens is 299 g/mol. The Hall–Kier alpha value is -1.53. The van der Waals surface area contributed by atoms with E-state index in [4.69, 9.17) is 0 Å². The molecule has 0 unspecified atom stereocenters. The van der Waals surface area contributed by atoms with Gasteiger partial charge in [0.05, 0.1) is 11.7 Å². The van der Waals surface area contributed by atoms with Gasteiger partial charge in [-0.15, -0.1) is 0 Å². The van der Waals surface area contributed by atoms with Gasteiger partial charge in [0.2, 0.25) is 0 Å². The van der Waals surface area contributed by atoms with Crippen molar-refractivity contribution in [1.29, 1.82) is 0 Å². The predicted molar refractivity (Wildman–Crippen MR) is 75.1 cm³/mol. The molecule has 0 aliphatic carbocycles. The van der Waals surface area contributed by atoms with E-state index in [1.54, 1.807) is 12.1 Å². The van der Waals surface area contributed by atoms with Gasteiger partial charge in [-0.05, 0) is 36.2 Å². The minimum absolute atomic E-state index is 0.492. The summed E-state index contributed by atoms with van der Waals surface area (Å²) < 4.78 is 37.3. The fourth-order valence-corrected chi connectivity index (χ4v) is 2.48. The summed E-state index contributed by atoms with van der Waals surface area (Å²) in [6, 6.07) is 9.62. The molecule has 2 nitrogen and oxygen atoms in total. The molecule has 0 aliphatic rings. The van der Waals surface area contributed by atoms with Gasteiger partial charge in [0.15, 0.2) is 0 Å². The van der Waals surface area contributed by atoms with Crippen LogP contribution >= 0.6 is 11.8 Å². The van der Waals surface area contributed by atoms with E-state index < -0.39 is 17.8 Å². The van der Waals surface area contributed by atoms with Gasteiger partial charge in [-0.1, -0.05) is 30.8 Å². The summed E-state index contributed by atoms with van der Waals surface area (Å²) in [5.41, 5.74) is 0.0653. The van der Waals surface area contributed by atoms with E-state index >= 15 is 0 Å². The summed E-state index contributed by atoms with van der Waals surface area (Å²) in [6.07, 6.45) is -3.40. The summed E-state index contributed by atoms with van der Waals surface area (Å²) in [4.78, 5) is 4.66. The summed E-state index contributed by atoms with van der Waals surface area (Å²) in [5, 5.41) is 10.2. The molecule has 0 saturated heterocycles. The van der Waals surface area contributed by atoms with Gasteiger partial charge in [-0.3, -0.25) is 0 Å². The SMILES string of the molecule is CC[C@H](O)c1ccc(Sc2ccc(C(F)(F)F)cn2)cc1. The van der Waals surface area contributed by atoms with Gasteiger partial charge in [0, 0.05) is 11.1 Å². The van der Waals surface area contributed by atoms with Crippen molar-refractivity contribution in [3.63, 3.8) is 0 Å². The Labute approximate surface area is 125 Å². The summed E-state index contributed by atoms with van der Waals surface area (Å²) >= 11 is 1.27. The zero-order chi connectivity index (χ0) is 15.5. The Bertz CT molecular complexity index is 581. The third-order valence-corrected chi connectivity index (χ3v) is 3.90. The third-order valence-electron chi connectivity index (χ3n) is 2.94. The first-order valence-electron chi connectivity index (χ1n) is 6.39. The Morgan fingerprint density at radius 1 is 1.14 bits per heavy atom. The number of aromatic nitrogens is 1. The Morgan fingerprint density at radius 3 is 2.29 bits per heavy atom. The monoisotopic (exact) mass is 313 g/mol. The topological polar surface area (TPSA) is 33.1 Å². The van der Waals surface area contributed by atoms with Gasteiger partial charge >= 0.3 is 6.18 Å². The maximum atomic E-state index is 12.4. The zero-order valence-corrected chi connectivity index (χ0v) is 12.1. The molecule has 0 bridgehead atoms. The highest BCUT2D eigenvalue weighted by Crippen LogP contribution is 2.32. The van der Waals surface area contributed by atoms with E-state index in [9.17, 15) is 18.3 Å². The quantitative estimate of drug-likeness (QED) is 0.888. The molecule has 0 saturated carbocycles. The van der Waals surface area contributed by atoms with Crippen LogP contribution in [-0.4, -0.2) is 10.1 Å². The molecule has 0 aliphatic heterocycles. The van der Waals surface area contributed by atoms with Crippen molar-refractivity contribution in [3.8, 4) is 0 Å². The van der Waals surface area contributed by atoms with E-state index in [2.05, 4.69) is 4.98 Å². The van der Waals surface area contributed by atoms with E-state index in [0.717, 1.165) is 22.7 Å². The maximum absolute atomic E-state index is 12.4. The van der Waals surface area contributed by atoms with Crippen LogP contribution in [0.3, 0.4) is 0 Å². The van der Waals surface area contributed by atoms with Gasteiger partial charge in [-0.2, -0.15) is 13.2 Å². The number of halogens is 3. The molecule has 0 fully saturated rings. The molecule has 112 valence electrons. The molecule has 21 heavy (non-hydrogen) atoms. The molecule has 1 heterocycles. The first kappa shape index (κ1) is 15.9. The molecule has 0 spiro atoms. The molecule has 1 atom stereocenters. The van der Waals surface area contributed by atoms with E-state index in [-0.39, 0.29) is 0 Å². The van der Waals surface area contributed by atoms with Crippen LogP contribution in [0.4, 0.5) is 13.2 Å². The van der Waals surface area contributed by atoms with Gasteiger partial charge in [0.25, 0.3) is 0 Å². The average Bonchev–Trinajstić information content (AvgIpc) is 2.47. The van der Waals surface area contributed by atoms with Crippen molar-refractivity contribution in [1.82, 2.24) is 4.98 Å². The van der Waals surface area contributed by atoms with E-state index in [1.165, 1.54) is 17.8 Å². The summed E-state index contributed by atoms with van der Waals surface area (Å²) in [7, 11) is 0. The molecule has 0 radical (unpaired) electrons. The fraction of sp³-hybridized carbons (Fsp3) is 0.267. The first-order valence-corrected chi connectivity index (χ1v) is 7.21. The third kappa shape index (κ3) is 4.22. The second-order valence-corrected chi connectivity index (χ2v) is 5.57. The van der Waals surface area contributed by atoms with Crippen LogP contribution in [0.5, 0.6) is 0 Å². The predicted octanol–water partition coefficient (Wildman–Crippen LogP) is 4.70. The van der Waals surface area contributed by atoms with Crippen molar-refractivity contribution in [2.45, 2.75) is 35.5 Å². The molecular formula is C15H14F3NOS. The van der Waals surface area contributed by atoms with Crippen LogP contribution in [0.1, 0.15) is 30.6 Å². The summed E-state index contributed by atoms with van der Waals surface area (Å²) in [5.74, 6) is 0. The zero-order valence-electron chi connectivity index (χ0n) is 11.3. The lowest BCUT2D eigenvalue weighted by Crippen LogP contribution is -2.04. The van der Waals surface area contributed by atoms with E-state index in [0.29, 0.717) is 11.4 Å². The van der Waals surface area contributed by atoms with Crippen molar-refractivity contribution < 1.29 is 18.3 Å². The molecule has 0 amide bonds. The lowest BCUT2D eigenvalue weighted by Gasteiger charge is -2.09. The number of benzene rings is 1. The number of aliphatic hydroxyl groups is 1. The standard InChI is InChI=1S/C15H14F3NOS/c1-2-13(20)10-3-6-12(7-4-10)21-14-8-5-11(9-19-14)15(16,17)18/h3-9,13,20H,2H2,1H3/t13-/m0/s1. The van der Waals surface area contributed by atoms with Crippen molar-refractivity contribution >= 4 is 11.8 Å². The van der Waals surface area contributed by atoms with Gasteiger partial charge in [-0.25, -0.2) is 4.98 Å². The Morgan fingerprint density at radius 2 is 1.81 bits per heavy atom. The van der Waals surface area contributed by atoms with Crippen LogP contribution in [0.15, 0.2) is 52.5 Å². The van der Waals surface area contributed by atoms with Crippen molar-refractivity contribution in [3.05, 3.63) is 53.7 Å².